The molecule has 0 aliphatic heterocycles. The third kappa shape index (κ3) is 2.69. The Morgan fingerprint density at radius 3 is 2.24 bits per heavy atom. The summed E-state index contributed by atoms with van der Waals surface area (Å²) in [7, 11) is -3.25. The minimum atomic E-state index is -3.25. The van der Waals surface area contributed by atoms with E-state index >= 15 is 0 Å². The first-order valence-corrected chi connectivity index (χ1v) is 8.06. The number of aromatic carboxylic acids is 1. The van der Waals surface area contributed by atoms with Crippen molar-refractivity contribution < 1.29 is 18.3 Å². The number of rotatable bonds is 4. The maximum Gasteiger partial charge on any atom is 0.339 e. The van der Waals surface area contributed by atoms with Crippen LogP contribution in [0.4, 0.5) is 0 Å². The van der Waals surface area contributed by atoms with Crippen LogP contribution < -0.4 is 0 Å². The molecule has 1 aromatic carbocycles. The van der Waals surface area contributed by atoms with Gasteiger partial charge in [-0.15, -0.1) is 0 Å². The number of sulfone groups is 1. The number of carboxylic acid groups (broad SMARTS) is 1. The predicted octanol–water partition coefficient (Wildman–Crippen LogP) is 1.98. The van der Waals surface area contributed by atoms with Crippen LogP contribution in [0.1, 0.15) is 28.7 Å². The van der Waals surface area contributed by atoms with Crippen molar-refractivity contribution in [1.82, 2.24) is 9.78 Å². The Labute approximate surface area is 123 Å². The van der Waals surface area contributed by atoms with Crippen LogP contribution in [0, 0.1) is 13.8 Å². The number of hydrogen-bond acceptors (Lipinski definition) is 4. The molecule has 0 saturated carbocycles. The lowest BCUT2D eigenvalue weighted by Gasteiger charge is -2.06. The average Bonchev–Trinajstić information content (AvgIpc) is 2.74. The minimum Gasteiger partial charge on any atom is -0.478 e. The highest BCUT2D eigenvalue weighted by Crippen LogP contribution is 2.20. The molecule has 0 radical (unpaired) electrons. The molecule has 1 aromatic heterocycles. The number of carboxylic acids is 1. The Morgan fingerprint density at radius 1 is 1.24 bits per heavy atom. The van der Waals surface area contributed by atoms with E-state index in [4.69, 9.17) is 5.11 Å². The highest BCUT2D eigenvalue weighted by atomic mass is 32.2. The van der Waals surface area contributed by atoms with E-state index in [0.29, 0.717) is 17.1 Å². The Balaban J connectivity index is 2.50. The van der Waals surface area contributed by atoms with Gasteiger partial charge in [0.15, 0.2) is 9.84 Å². The van der Waals surface area contributed by atoms with Crippen molar-refractivity contribution in [2.45, 2.75) is 25.7 Å². The lowest BCUT2D eigenvalue weighted by atomic mass is 10.2. The smallest absolute Gasteiger partial charge is 0.339 e. The third-order valence-electron chi connectivity index (χ3n) is 3.33. The van der Waals surface area contributed by atoms with Gasteiger partial charge in [-0.1, -0.05) is 6.92 Å². The van der Waals surface area contributed by atoms with Crippen LogP contribution in [-0.2, 0) is 9.84 Å². The van der Waals surface area contributed by atoms with Crippen molar-refractivity contribution in [2.75, 3.05) is 5.75 Å². The second-order valence-electron chi connectivity index (χ2n) is 4.66. The largest absolute Gasteiger partial charge is 0.478 e. The van der Waals surface area contributed by atoms with E-state index < -0.39 is 15.8 Å². The first-order chi connectivity index (χ1) is 9.77. The lowest BCUT2D eigenvalue weighted by molar-refractivity contribution is 0.0695. The van der Waals surface area contributed by atoms with Gasteiger partial charge in [-0.3, -0.25) is 0 Å². The monoisotopic (exact) mass is 308 g/mol. The SMILES string of the molecule is CCS(=O)(=O)c1ccc(-n2nc(C)c(C(=O)O)c2C)cc1. The molecule has 0 aliphatic carbocycles. The van der Waals surface area contributed by atoms with Crippen molar-refractivity contribution in [3.8, 4) is 5.69 Å². The summed E-state index contributed by atoms with van der Waals surface area (Å²) in [5.74, 6) is -0.989. The zero-order valence-corrected chi connectivity index (χ0v) is 12.8. The molecule has 0 spiro atoms. The van der Waals surface area contributed by atoms with Crippen LogP contribution in [0.5, 0.6) is 0 Å². The van der Waals surface area contributed by atoms with Gasteiger partial charge < -0.3 is 5.11 Å². The summed E-state index contributed by atoms with van der Waals surface area (Å²) in [6.07, 6.45) is 0. The van der Waals surface area contributed by atoms with Crippen LogP contribution in [0.25, 0.3) is 5.69 Å². The molecular formula is C14H16N2O4S. The summed E-state index contributed by atoms with van der Waals surface area (Å²) < 4.78 is 25.0. The Bertz CT molecular complexity index is 789. The molecule has 0 atom stereocenters. The fourth-order valence-corrected chi connectivity index (χ4v) is 3.05. The van der Waals surface area contributed by atoms with Crippen molar-refractivity contribution >= 4 is 15.8 Å². The van der Waals surface area contributed by atoms with Gasteiger partial charge in [-0.2, -0.15) is 5.10 Å². The second-order valence-corrected chi connectivity index (χ2v) is 6.94. The van der Waals surface area contributed by atoms with E-state index in [0.717, 1.165) is 0 Å². The first kappa shape index (κ1) is 15.2. The van der Waals surface area contributed by atoms with E-state index in [9.17, 15) is 13.2 Å². The van der Waals surface area contributed by atoms with Crippen molar-refractivity contribution in [1.29, 1.82) is 0 Å². The van der Waals surface area contributed by atoms with E-state index in [2.05, 4.69) is 5.10 Å². The van der Waals surface area contributed by atoms with Crippen LogP contribution in [0.15, 0.2) is 29.2 Å². The van der Waals surface area contributed by atoms with Gasteiger partial charge in [0, 0.05) is 0 Å². The molecule has 2 rings (SSSR count). The van der Waals surface area contributed by atoms with Gasteiger partial charge in [0.1, 0.15) is 5.56 Å². The van der Waals surface area contributed by atoms with Gasteiger partial charge in [0.2, 0.25) is 0 Å². The van der Waals surface area contributed by atoms with Crippen LogP contribution in [0.3, 0.4) is 0 Å². The van der Waals surface area contributed by atoms with Crippen LogP contribution in [-0.4, -0.2) is 35.0 Å². The normalized spacial score (nSPS) is 11.6. The third-order valence-corrected chi connectivity index (χ3v) is 5.08. The molecule has 21 heavy (non-hydrogen) atoms. The van der Waals surface area contributed by atoms with Gasteiger partial charge in [-0.25, -0.2) is 17.9 Å². The van der Waals surface area contributed by atoms with Crippen LogP contribution in [0.2, 0.25) is 0 Å². The number of aryl methyl sites for hydroxylation is 1. The highest BCUT2D eigenvalue weighted by molar-refractivity contribution is 7.91. The Morgan fingerprint density at radius 2 is 1.81 bits per heavy atom. The van der Waals surface area contributed by atoms with Crippen molar-refractivity contribution in [3.05, 3.63) is 41.2 Å². The minimum absolute atomic E-state index is 0.0371. The predicted molar refractivity (Wildman–Crippen MR) is 77.7 cm³/mol. The van der Waals surface area contributed by atoms with Gasteiger partial charge >= 0.3 is 5.97 Å². The van der Waals surface area contributed by atoms with Crippen molar-refractivity contribution in [2.24, 2.45) is 0 Å². The summed E-state index contributed by atoms with van der Waals surface area (Å²) in [6.45, 7) is 4.88. The fraction of sp³-hybridized carbons (Fsp3) is 0.286. The number of benzene rings is 1. The summed E-state index contributed by atoms with van der Waals surface area (Å²) in [5, 5.41) is 13.4. The summed E-state index contributed by atoms with van der Waals surface area (Å²) in [5.41, 5.74) is 1.72. The second kappa shape index (κ2) is 5.33. The Kier molecular flexibility index (Phi) is 3.87. The summed E-state index contributed by atoms with van der Waals surface area (Å²) in [6, 6.07) is 6.25. The molecule has 6 nitrogen and oxygen atoms in total. The quantitative estimate of drug-likeness (QED) is 0.933. The topological polar surface area (TPSA) is 89.3 Å². The molecule has 7 heteroatoms. The van der Waals surface area contributed by atoms with Crippen LogP contribution >= 0.6 is 0 Å². The highest BCUT2D eigenvalue weighted by Gasteiger charge is 2.19. The molecule has 0 amide bonds. The maximum absolute atomic E-state index is 11.8. The first-order valence-electron chi connectivity index (χ1n) is 6.40. The summed E-state index contributed by atoms with van der Waals surface area (Å²) in [4.78, 5) is 11.4. The Hall–Kier alpha value is -2.15. The zero-order chi connectivity index (χ0) is 15.8. The van der Waals surface area contributed by atoms with Gasteiger partial charge in [0.25, 0.3) is 0 Å². The average molecular weight is 308 g/mol. The number of nitrogens with zero attached hydrogens (tertiary/aromatic N) is 2. The van der Waals surface area contributed by atoms with E-state index in [1.165, 1.54) is 16.8 Å². The molecule has 112 valence electrons. The zero-order valence-electron chi connectivity index (χ0n) is 12.0. The van der Waals surface area contributed by atoms with E-state index in [1.54, 1.807) is 32.9 Å². The molecule has 2 aromatic rings. The molecule has 1 N–H and O–H groups in total. The fourth-order valence-electron chi connectivity index (χ4n) is 2.16. The molecule has 0 bridgehead atoms. The van der Waals surface area contributed by atoms with E-state index in [-0.39, 0.29) is 16.2 Å². The molecule has 0 saturated heterocycles. The van der Waals surface area contributed by atoms with Gasteiger partial charge in [-0.05, 0) is 38.1 Å². The molecule has 1 heterocycles. The molecule has 0 fully saturated rings. The number of hydrogen-bond donors (Lipinski definition) is 1. The molecular weight excluding hydrogens is 292 g/mol. The maximum atomic E-state index is 11.8. The van der Waals surface area contributed by atoms with E-state index in [1.807, 2.05) is 0 Å². The molecule has 0 aliphatic rings. The van der Waals surface area contributed by atoms with Crippen molar-refractivity contribution in [3.63, 3.8) is 0 Å². The standard InChI is InChI=1S/C14H16N2O4S/c1-4-21(19,20)12-7-5-11(6-8-12)16-10(3)13(14(17)18)9(2)15-16/h5-8H,4H2,1-3H3,(H,17,18). The lowest BCUT2D eigenvalue weighted by Crippen LogP contribution is -2.05. The molecule has 0 unspecified atom stereocenters. The summed E-state index contributed by atoms with van der Waals surface area (Å²) >= 11 is 0. The van der Waals surface area contributed by atoms with Gasteiger partial charge in [0.05, 0.1) is 27.7 Å². The number of carbonyl (C=O) groups is 1. The number of aromatic nitrogens is 2.